The first-order chi connectivity index (χ1) is 15.5. The van der Waals surface area contributed by atoms with Crippen molar-refractivity contribution in [2.24, 2.45) is 0 Å². The molecule has 1 fully saturated rings. The monoisotopic (exact) mass is 532 g/mol. The molecule has 0 unspecified atom stereocenters. The Kier molecular flexibility index (Phi) is 7.04. The van der Waals surface area contributed by atoms with E-state index in [9.17, 15) is 4.79 Å². The van der Waals surface area contributed by atoms with Crippen molar-refractivity contribution in [3.05, 3.63) is 69.1 Å². The molecule has 1 saturated heterocycles. The Hall–Kier alpha value is -2.53. The third kappa shape index (κ3) is 4.63. The second kappa shape index (κ2) is 9.95. The highest BCUT2D eigenvalue weighted by Crippen LogP contribution is 2.45. The van der Waals surface area contributed by atoms with Crippen molar-refractivity contribution in [2.45, 2.75) is 12.1 Å². The van der Waals surface area contributed by atoms with Gasteiger partial charge in [0, 0.05) is 23.9 Å². The van der Waals surface area contributed by atoms with Gasteiger partial charge in [0.15, 0.2) is 5.11 Å². The Labute approximate surface area is 203 Å². The number of thiophene rings is 1. The first kappa shape index (κ1) is 22.7. The van der Waals surface area contributed by atoms with Gasteiger partial charge in [-0.25, -0.2) is 0 Å². The molecule has 0 radical (unpaired) electrons. The standard InChI is InChI=1S/C22H21BrN4O3S2/c1-29-12-19(28)25-15-11-13(6-7-16(15)30-2)27-21(17-8-9-18(23)32-17)20(26-22(27)31)14-5-3-4-10-24-14/h3-11,20-21H,12H2,1-2H3,(H,25,28)(H,26,31)/t20-,21+/m0/s1. The summed E-state index contributed by atoms with van der Waals surface area (Å²) < 4.78 is 11.4. The zero-order valence-electron chi connectivity index (χ0n) is 17.4. The van der Waals surface area contributed by atoms with Gasteiger partial charge in [-0.2, -0.15) is 0 Å². The highest BCUT2D eigenvalue weighted by atomic mass is 79.9. The number of nitrogens with one attached hydrogen (secondary N) is 2. The van der Waals surface area contributed by atoms with Gasteiger partial charge in [0.2, 0.25) is 5.91 Å². The number of thiocarbonyl (C=S) groups is 1. The topological polar surface area (TPSA) is 75.7 Å². The molecule has 1 aliphatic heterocycles. The number of carbonyl (C=O) groups is 1. The van der Waals surface area contributed by atoms with Crippen LogP contribution in [0.25, 0.3) is 0 Å². The van der Waals surface area contributed by atoms with Crippen molar-refractivity contribution >= 4 is 61.9 Å². The summed E-state index contributed by atoms with van der Waals surface area (Å²) in [7, 11) is 3.04. The lowest BCUT2D eigenvalue weighted by Crippen LogP contribution is -2.29. The lowest BCUT2D eigenvalue weighted by Gasteiger charge is -2.27. The molecule has 0 bridgehead atoms. The number of ether oxygens (including phenoxy) is 2. The van der Waals surface area contributed by atoms with E-state index >= 15 is 0 Å². The van der Waals surface area contributed by atoms with Crippen LogP contribution in [0.5, 0.6) is 5.75 Å². The van der Waals surface area contributed by atoms with E-state index in [0.29, 0.717) is 16.5 Å². The molecule has 2 atom stereocenters. The molecular weight excluding hydrogens is 512 g/mol. The molecule has 1 amide bonds. The van der Waals surface area contributed by atoms with Gasteiger partial charge in [0.05, 0.1) is 34.4 Å². The summed E-state index contributed by atoms with van der Waals surface area (Å²) in [4.78, 5) is 19.9. The average Bonchev–Trinajstić information content (AvgIpc) is 3.37. The van der Waals surface area contributed by atoms with Gasteiger partial charge in [-0.05, 0) is 70.6 Å². The fourth-order valence-electron chi connectivity index (χ4n) is 3.67. The van der Waals surface area contributed by atoms with E-state index in [0.717, 1.165) is 20.0 Å². The molecule has 166 valence electrons. The van der Waals surface area contributed by atoms with E-state index in [1.54, 1.807) is 24.6 Å². The number of benzene rings is 1. The van der Waals surface area contributed by atoms with Crippen LogP contribution in [0.1, 0.15) is 22.7 Å². The van der Waals surface area contributed by atoms with E-state index in [4.69, 9.17) is 21.7 Å². The summed E-state index contributed by atoms with van der Waals surface area (Å²) in [5.74, 6) is 0.281. The minimum atomic E-state index is -0.268. The highest BCUT2D eigenvalue weighted by molar-refractivity contribution is 9.11. The molecule has 2 aromatic heterocycles. The van der Waals surface area contributed by atoms with Gasteiger partial charge in [0.25, 0.3) is 0 Å². The molecule has 1 aliphatic rings. The number of hydrogen-bond donors (Lipinski definition) is 2. The van der Waals surface area contributed by atoms with E-state index in [2.05, 4.69) is 42.5 Å². The number of carbonyl (C=O) groups excluding carboxylic acids is 1. The van der Waals surface area contributed by atoms with E-state index in [1.165, 1.54) is 7.11 Å². The maximum atomic E-state index is 12.1. The fraction of sp³-hybridized carbons (Fsp3) is 0.227. The first-order valence-electron chi connectivity index (χ1n) is 9.74. The molecule has 0 spiro atoms. The number of rotatable bonds is 7. The third-order valence-corrected chi connectivity index (χ3v) is 7.00. The first-order valence-corrected chi connectivity index (χ1v) is 11.8. The number of halogens is 1. The lowest BCUT2D eigenvalue weighted by molar-refractivity contribution is -0.119. The summed E-state index contributed by atoms with van der Waals surface area (Å²) in [5.41, 5.74) is 2.26. The summed E-state index contributed by atoms with van der Waals surface area (Å²) in [6, 6.07) is 15.3. The molecule has 3 aromatic rings. The smallest absolute Gasteiger partial charge is 0.250 e. The van der Waals surface area contributed by atoms with Crippen LogP contribution in [-0.4, -0.2) is 36.8 Å². The second-order valence-corrected chi connectivity index (χ2v) is 9.89. The minimum absolute atomic E-state index is 0.0509. The van der Waals surface area contributed by atoms with Gasteiger partial charge in [0.1, 0.15) is 12.4 Å². The zero-order valence-corrected chi connectivity index (χ0v) is 20.6. The molecule has 10 heteroatoms. The van der Waals surface area contributed by atoms with Crippen LogP contribution >= 0.6 is 39.5 Å². The van der Waals surface area contributed by atoms with Crippen LogP contribution < -0.4 is 20.3 Å². The number of hydrogen-bond acceptors (Lipinski definition) is 6. The summed E-state index contributed by atoms with van der Waals surface area (Å²) >= 11 is 11.0. The van der Waals surface area contributed by atoms with E-state index in [-0.39, 0.29) is 24.6 Å². The largest absolute Gasteiger partial charge is 0.495 e. The van der Waals surface area contributed by atoms with Gasteiger partial charge in [-0.1, -0.05) is 6.07 Å². The highest BCUT2D eigenvalue weighted by Gasteiger charge is 2.41. The van der Waals surface area contributed by atoms with Crippen molar-refractivity contribution in [1.29, 1.82) is 0 Å². The van der Waals surface area contributed by atoms with Crippen LogP contribution in [0.3, 0.4) is 0 Å². The molecule has 7 nitrogen and oxygen atoms in total. The normalized spacial score (nSPS) is 17.8. The van der Waals surface area contributed by atoms with E-state index < -0.39 is 0 Å². The number of methoxy groups -OCH3 is 2. The van der Waals surface area contributed by atoms with Crippen LogP contribution in [0.2, 0.25) is 0 Å². The average molecular weight is 533 g/mol. The predicted molar refractivity (Wildman–Crippen MR) is 133 cm³/mol. The lowest BCUT2D eigenvalue weighted by atomic mass is 10.0. The van der Waals surface area contributed by atoms with Crippen molar-refractivity contribution in [3.8, 4) is 5.75 Å². The number of nitrogens with zero attached hydrogens (tertiary/aromatic N) is 2. The Morgan fingerprint density at radius 2 is 2.12 bits per heavy atom. The van der Waals surface area contributed by atoms with Crippen molar-refractivity contribution in [1.82, 2.24) is 10.3 Å². The molecule has 2 N–H and O–H groups in total. The molecule has 0 saturated carbocycles. The molecule has 3 heterocycles. The Bertz CT molecular complexity index is 1130. The Morgan fingerprint density at radius 3 is 2.78 bits per heavy atom. The predicted octanol–water partition coefficient (Wildman–Crippen LogP) is 4.68. The summed E-state index contributed by atoms with van der Waals surface area (Å²) in [5, 5.41) is 6.86. The van der Waals surface area contributed by atoms with Gasteiger partial charge in [-0.15, -0.1) is 11.3 Å². The zero-order chi connectivity index (χ0) is 22.7. The molecule has 1 aromatic carbocycles. The molecular formula is C22H21BrN4O3S2. The summed E-state index contributed by atoms with van der Waals surface area (Å²) in [6.45, 7) is -0.0509. The number of anilines is 2. The number of pyridine rings is 1. The van der Waals surface area contributed by atoms with E-state index in [1.807, 2.05) is 42.5 Å². The SMILES string of the molecule is COCC(=O)Nc1cc(N2C(=S)N[C@@H](c3ccccn3)[C@H]2c2ccc(Br)s2)ccc1OC. The maximum Gasteiger partial charge on any atom is 0.250 e. The second-order valence-electron chi connectivity index (χ2n) is 7.00. The molecule has 4 rings (SSSR count). The van der Waals surface area contributed by atoms with Gasteiger partial charge < -0.3 is 25.0 Å². The van der Waals surface area contributed by atoms with Gasteiger partial charge >= 0.3 is 0 Å². The summed E-state index contributed by atoms with van der Waals surface area (Å²) in [6.07, 6.45) is 1.78. The van der Waals surface area contributed by atoms with Crippen LogP contribution in [-0.2, 0) is 9.53 Å². The number of aromatic nitrogens is 1. The van der Waals surface area contributed by atoms with Crippen LogP contribution in [0.4, 0.5) is 11.4 Å². The molecule has 0 aliphatic carbocycles. The number of amides is 1. The van der Waals surface area contributed by atoms with Crippen LogP contribution in [0, 0.1) is 0 Å². The maximum absolute atomic E-state index is 12.1. The quantitative estimate of drug-likeness (QED) is 0.428. The van der Waals surface area contributed by atoms with Gasteiger partial charge in [-0.3, -0.25) is 9.78 Å². The van der Waals surface area contributed by atoms with Crippen LogP contribution in [0.15, 0.2) is 58.5 Å². The molecule has 32 heavy (non-hydrogen) atoms. The Balaban J connectivity index is 1.77. The minimum Gasteiger partial charge on any atom is -0.495 e. The van der Waals surface area contributed by atoms with Crippen molar-refractivity contribution < 1.29 is 14.3 Å². The van der Waals surface area contributed by atoms with Crippen molar-refractivity contribution in [3.63, 3.8) is 0 Å². The third-order valence-electron chi connectivity index (χ3n) is 4.99. The Morgan fingerprint density at radius 1 is 1.28 bits per heavy atom. The fourth-order valence-corrected chi connectivity index (χ4v) is 5.57. The van der Waals surface area contributed by atoms with Crippen molar-refractivity contribution in [2.75, 3.05) is 31.0 Å².